The second-order valence-electron chi connectivity index (χ2n) is 4.50. The molecule has 0 amide bonds. The Hall–Kier alpha value is -1.62. The van der Waals surface area contributed by atoms with E-state index in [9.17, 15) is 0 Å². The van der Waals surface area contributed by atoms with Crippen molar-refractivity contribution in [3.63, 3.8) is 0 Å². The number of hydrogen-bond acceptors (Lipinski definition) is 5. The SMILES string of the molecule is CCc1noc(C(C)N(C)Cc2ccoc2C)n1. The Morgan fingerprint density at radius 1 is 1.44 bits per heavy atom. The Balaban J connectivity index is 2.04. The maximum absolute atomic E-state index is 5.29. The Bertz CT molecular complexity index is 504. The first-order valence-corrected chi connectivity index (χ1v) is 6.17. The van der Waals surface area contributed by atoms with Gasteiger partial charge in [-0.15, -0.1) is 0 Å². The van der Waals surface area contributed by atoms with Gasteiger partial charge in [-0.25, -0.2) is 0 Å². The third-order valence-corrected chi connectivity index (χ3v) is 3.20. The largest absolute Gasteiger partial charge is 0.469 e. The number of furan rings is 1. The molecule has 1 atom stereocenters. The van der Waals surface area contributed by atoms with Crippen molar-refractivity contribution in [2.75, 3.05) is 7.05 Å². The van der Waals surface area contributed by atoms with Crippen molar-refractivity contribution < 1.29 is 8.94 Å². The van der Waals surface area contributed by atoms with Crippen LogP contribution in [0.1, 0.15) is 42.9 Å². The number of hydrogen-bond donors (Lipinski definition) is 0. The van der Waals surface area contributed by atoms with Gasteiger partial charge in [0.15, 0.2) is 5.82 Å². The highest BCUT2D eigenvalue weighted by molar-refractivity contribution is 5.15. The van der Waals surface area contributed by atoms with E-state index in [0.717, 1.165) is 24.6 Å². The first-order chi connectivity index (χ1) is 8.61. The monoisotopic (exact) mass is 249 g/mol. The van der Waals surface area contributed by atoms with E-state index in [1.165, 1.54) is 5.56 Å². The molecule has 2 aromatic heterocycles. The molecular formula is C13H19N3O2. The van der Waals surface area contributed by atoms with E-state index in [2.05, 4.69) is 22.0 Å². The molecule has 0 aromatic carbocycles. The predicted molar refractivity (Wildman–Crippen MR) is 67.0 cm³/mol. The second kappa shape index (κ2) is 5.35. The topological polar surface area (TPSA) is 55.3 Å². The third kappa shape index (κ3) is 2.61. The summed E-state index contributed by atoms with van der Waals surface area (Å²) in [6.45, 7) is 6.84. The molecule has 2 aromatic rings. The maximum Gasteiger partial charge on any atom is 0.243 e. The molecule has 0 bridgehead atoms. The number of rotatable bonds is 5. The van der Waals surface area contributed by atoms with E-state index in [1.807, 2.05) is 27.0 Å². The van der Waals surface area contributed by atoms with Crippen LogP contribution in [-0.4, -0.2) is 22.1 Å². The van der Waals surface area contributed by atoms with Gasteiger partial charge in [0.2, 0.25) is 5.89 Å². The summed E-state index contributed by atoms with van der Waals surface area (Å²) in [6, 6.07) is 2.08. The molecule has 0 aliphatic heterocycles. The molecule has 0 spiro atoms. The van der Waals surface area contributed by atoms with Gasteiger partial charge in [0.1, 0.15) is 5.76 Å². The summed E-state index contributed by atoms with van der Waals surface area (Å²) in [5.74, 6) is 2.37. The molecule has 1 unspecified atom stereocenters. The lowest BCUT2D eigenvalue weighted by molar-refractivity contribution is 0.201. The zero-order chi connectivity index (χ0) is 13.1. The van der Waals surface area contributed by atoms with Crippen LogP contribution in [0.15, 0.2) is 21.3 Å². The fraction of sp³-hybridized carbons (Fsp3) is 0.538. The van der Waals surface area contributed by atoms with Crippen LogP contribution in [0.2, 0.25) is 0 Å². The van der Waals surface area contributed by atoms with Gasteiger partial charge in [0.25, 0.3) is 0 Å². The lowest BCUT2D eigenvalue weighted by Gasteiger charge is -2.21. The third-order valence-electron chi connectivity index (χ3n) is 3.20. The molecule has 0 aliphatic rings. The smallest absolute Gasteiger partial charge is 0.243 e. The molecule has 0 radical (unpaired) electrons. The molecule has 5 nitrogen and oxygen atoms in total. The quantitative estimate of drug-likeness (QED) is 0.815. The van der Waals surface area contributed by atoms with Gasteiger partial charge in [0, 0.05) is 18.5 Å². The maximum atomic E-state index is 5.29. The number of nitrogens with zero attached hydrogens (tertiary/aromatic N) is 3. The molecule has 5 heteroatoms. The standard InChI is InChI=1S/C13H19N3O2/c1-5-12-14-13(18-15-12)9(2)16(4)8-11-6-7-17-10(11)3/h6-7,9H,5,8H2,1-4H3. The average Bonchev–Trinajstić information content (AvgIpc) is 2.98. The van der Waals surface area contributed by atoms with Crippen molar-refractivity contribution >= 4 is 0 Å². The number of aryl methyl sites for hydroxylation is 2. The van der Waals surface area contributed by atoms with Crippen LogP contribution in [0, 0.1) is 6.92 Å². The Morgan fingerprint density at radius 2 is 2.22 bits per heavy atom. The van der Waals surface area contributed by atoms with Gasteiger partial charge in [-0.2, -0.15) is 4.98 Å². The van der Waals surface area contributed by atoms with Crippen molar-refractivity contribution in [3.05, 3.63) is 35.4 Å². The van der Waals surface area contributed by atoms with Gasteiger partial charge < -0.3 is 8.94 Å². The van der Waals surface area contributed by atoms with Gasteiger partial charge in [-0.3, -0.25) is 4.90 Å². The van der Waals surface area contributed by atoms with E-state index in [-0.39, 0.29) is 6.04 Å². The van der Waals surface area contributed by atoms with E-state index >= 15 is 0 Å². The van der Waals surface area contributed by atoms with Crippen molar-refractivity contribution in [2.45, 2.75) is 39.8 Å². The highest BCUT2D eigenvalue weighted by Gasteiger charge is 2.19. The van der Waals surface area contributed by atoms with E-state index in [0.29, 0.717) is 5.89 Å². The number of aromatic nitrogens is 2. The van der Waals surface area contributed by atoms with Crippen LogP contribution in [0.3, 0.4) is 0 Å². The fourth-order valence-electron chi connectivity index (χ4n) is 1.75. The Morgan fingerprint density at radius 3 is 2.78 bits per heavy atom. The van der Waals surface area contributed by atoms with Crippen LogP contribution < -0.4 is 0 Å². The van der Waals surface area contributed by atoms with Crippen LogP contribution in [0.25, 0.3) is 0 Å². The molecule has 2 rings (SSSR count). The van der Waals surface area contributed by atoms with E-state index < -0.39 is 0 Å². The second-order valence-corrected chi connectivity index (χ2v) is 4.50. The van der Waals surface area contributed by atoms with Gasteiger partial charge in [-0.1, -0.05) is 12.1 Å². The lowest BCUT2D eigenvalue weighted by atomic mass is 10.2. The fourth-order valence-corrected chi connectivity index (χ4v) is 1.75. The molecule has 0 aliphatic carbocycles. The minimum absolute atomic E-state index is 0.0899. The van der Waals surface area contributed by atoms with Gasteiger partial charge in [0.05, 0.1) is 12.3 Å². The summed E-state index contributed by atoms with van der Waals surface area (Å²) in [5, 5.41) is 3.92. The van der Waals surface area contributed by atoms with Crippen molar-refractivity contribution in [1.82, 2.24) is 15.0 Å². The minimum atomic E-state index is 0.0899. The summed E-state index contributed by atoms with van der Waals surface area (Å²) in [4.78, 5) is 6.52. The van der Waals surface area contributed by atoms with Crippen molar-refractivity contribution in [1.29, 1.82) is 0 Å². The van der Waals surface area contributed by atoms with E-state index in [1.54, 1.807) is 6.26 Å². The molecule has 0 saturated heterocycles. The molecule has 98 valence electrons. The van der Waals surface area contributed by atoms with Crippen molar-refractivity contribution in [2.24, 2.45) is 0 Å². The van der Waals surface area contributed by atoms with Crippen LogP contribution >= 0.6 is 0 Å². The summed E-state index contributed by atoms with van der Waals surface area (Å²) >= 11 is 0. The summed E-state index contributed by atoms with van der Waals surface area (Å²) in [7, 11) is 2.03. The van der Waals surface area contributed by atoms with Crippen LogP contribution in [0.5, 0.6) is 0 Å². The summed E-state index contributed by atoms with van der Waals surface area (Å²) in [6.07, 6.45) is 2.51. The van der Waals surface area contributed by atoms with Crippen LogP contribution in [-0.2, 0) is 13.0 Å². The lowest BCUT2D eigenvalue weighted by Crippen LogP contribution is -2.22. The van der Waals surface area contributed by atoms with Gasteiger partial charge >= 0.3 is 0 Å². The summed E-state index contributed by atoms with van der Waals surface area (Å²) < 4.78 is 10.6. The molecular weight excluding hydrogens is 230 g/mol. The molecule has 2 heterocycles. The average molecular weight is 249 g/mol. The zero-order valence-corrected chi connectivity index (χ0v) is 11.3. The zero-order valence-electron chi connectivity index (χ0n) is 11.3. The molecule has 0 fully saturated rings. The minimum Gasteiger partial charge on any atom is -0.469 e. The van der Waals surface area contributed by atoms with Crippen LogP contribution in [0.4, 0.5) is 0 Å². The van der Waals surface area contributed by atoms with Gasteiger partial charge in [-0.05, 0) is 27.0 Å². The normalized spacial score (nSPS) is 13.2. The first-order valence-electron chi connectivity index (χ1n) is 6.17. The Labute approximate surface area is 107 Å². The highest BCUT2D eigenvalue weighted by atomic mass is 16.5. The molecule has 0 saturated carbocycles. The molecule has 18 heavy (non-hydrogen) atoms. The Kier molecular flexibility index (Phi) is 3.81. The summed E-state index contributed by atoms with van der Waals surface area (Å²) in [5.41, 5.74) is 1.18. The van der Waals surface area contributed by atoms with Crippen molar-refractivity contribution in [3.8, 4) is 0 Å². The first kappa shape index (κ1) is 12.8. The van der Waals surface area contributed by atoms with E-state index in [4.69, 9.17) is 8.94 Å². The highest BCUT2D eigenvalue weighted by Crippen LogP contribution is 2.20. The predicted octanol–water partition coefficient (Wildman–Crippen LogP) is 2.73. The molecule has 0 N–H and O–H groups in total.